The molecule has 8 heteroatoms. The third-order valence-corrected chi connectivity index (χ3v) is 4.31. The fraction of sp³-hybridized carbons (Fsp3) is 0.400. The minimum atomic E-state index is 0.272. The SMILES string of the molecule is Cc1cc2nc(Nc3nnc(CN4CCCC4)o3)oc2cc1Cl. The molecule has 3 aromatic rings. The zero-order chi connectivity index (χ0) is 15.8. The number of likely N-dealkylation sites (tertiary alicyclic amines) is 1. The zero-order valence-corrected chi connectivity index (χ0v) is 13.4. The number of hydrogen-bond donors (Lipinski definition) is 1. The lowest BCUT2D eigenvalue weighted by Gasteiger charge is -2.10. The van der Waals surface area contributed by atoms with Crippen molar-refractivity contribution in [1.82, 2.24) is 20.1 Å². The summed E-state index contributed by atoms with van der Waals surface area (Å²) in [6.07, 6.45) is 2.45. The van der Waals surface area contributed by atoms with Gasteiger partial charge in [0.05, 0.1) is 6.54 Å². The lowest BCUT2D eigenvalue weighted by Crippen LogP contribution is -2.18. The van der Waals surface area contributed by atoms with E-state index in [1.807, 2.05) is 13.0 Å². The van der Waals surface area contributed by atoms with Gasteiger partial charge in [0, 0.05) is 11.1 Å². The van der Waals surface area contributed by atoms with Crippen LogP contribution in [-0.4, -0.2) is 33.2 Å². The summed E-state index contributed by atoms with van der Waals surface area (Å²) < 4.78 is 11.2. The van der Waals surface area contributed by atoms with Gasteiger partial charge in [-0.05, 0) is 44.5 Å². The van der Waals surface area contributed by atoms with Crippen molar-refractivity contribution < 1.29 is 8.83 Å². The zero-order valence-electron chi connectivity index (χ0n) is 12.7. The van der Waals surface area contributed by atoms with Crippen LogP contribution in [0.25, 0.3) is 11.1 Å². The molecular weight excluding hydrogens is 318 g/mol. The molecule has 0 bridgehead atoms. The van der Waals surface area contributed by atoms with Crippen LogP contribution < -0.4 is 5.32 Å². The van der Waals surface area contributed by atoms with Gasteiger partial charge in [-0.15, -0.1) is 5.10 Å². The first-order valence-electron chi connectivity index (χ1n) is 7.56. The average Bonchev–Trinajstić information content (AvgIpc) is 3.23. The Hall–Kier alpha value is -2.12. The number of oxazole rings is 1. The van der Waals surface area contributed by atoms with Crippen molar-refractivity contribution in [3.05, 3.63) is 28.6 Å². The van der Waals surface area contributed by atoms with E-state index in [2.05, 4.69) is 25.4 Å². The van der Waals surface area contributed by atoms with Gasteiger partial charge < -0.3 is 8.83 Å². The second-order valence-corrected chi connectivity index (χ2v) is 6.10. The highest BCUT2D eigenvalue weighted by Gasteiger charge is 2.16. The van der Waals surface area contributed by atoms with Gasteiger partial charge in [0.25, 0.3) is 0 Å². The van der Waals surface area contributed by atoms with Crippen LogP contribution in [0.5, 0.6) is 0 Å². The highest BCUT2D eigenvalue weighted by molar-refractivity contribution is 6.32. The van der Waals surface area contributed by atoms with Crippen LogP contribution >= 0.6 is 11.6 Å². The topological polar surface area (TPSA) is 80.2 Å². The van der Waals surface area contributed by atoms with Gasteiger partial charge in [0.1, 0.15) is 5.52 Å². The Labute approximate surface area is 137 Å². The number of hydrogen-bond acceptors (Lipinski definition) is 7. The lowest BCUT2D eigenvalue weighted by molar-refractivity contribution is 0.292. The lowest BCUT2D eigenvalue weighted by atomic mass is 10.2. The summed E-state index contributed by atoms with van der Waals surface area (Å²) in [5.41, 5.74) is 2.29. The van der Waals surface area contributed by atoms with Crippen LogP contribution in [0.3, 0.4) is 0 Å². The van der Waals surface area contributed by atoms with Crippen molar-refractivity contribution in [1.29, 1.82) is 0 Å². The molecule has 1 aliphatic rings. The molecule has 0 spiro atoms. The van der Waals surface area contributed by atoms with Gasteiger partial charge in [0.2, 0.25) is 5.89 Å². The Morgan fingerprint density at radius 1 is 1.17 bits per heavy atom. The van der Waals surface area contributed by atoms with Crippen LogP contribution in [0.4, 0.5) is 12.0 Å². The largest absolute Gasteiger partial charge is 0.423 e. The number of rotatable bonds is 4. The summed E-state index contributed by atoms with van der Waals surface area (Å²) in [5, 5.41) is 11.6. The third-order valence-electron chi connectivity index (χ3n) is 3.91. The van der Waals surface area contributed by atoms with Gasteiger partial charge >= 0.3 is 12.0 Å². The van der Waals surface area contributed by atoms with Crippen LogP contribution in [0.15, 0.2) is 21.0 Å². The number of halogens is 1. The molecule has 1 aliphatic heterocycles. The normalized spacial score (nSPS) is 15.6. The summed E-state index contributed by atoms with van der Waals surface area (Å²) in [4.78, 5) is 6.64. The van der Waals surface area contributed by atoms with Crippen molar-refractivity contribution in [2.45, 2.75) is 26.3 Å². The average molecular weight is 334 g/mol. The summed E-state index contributed by atoms with van der Waals surface area (Å²) in [6, 6.07) is 4.20. The van der Waals surface area contributed by atoms with Gasteiger partial charge in [0.15, 0.2) is 5.58 Å². The second-order valence-electron chi connectivity index (χ2n) is 5.70. The first-order chi connectivity index (χ1) is 11.2. The fourth-order valence-electron chi connectivity index (χ4n) is 2.70. The van der Waals surface area contributed by atoms with Crippen molar-refractivity contribution in [3.63, 3.8) is 0 Å². The Morgan fingerprint density at radius 3 is 2.83 bits per heavy atom. The van der Waals surface area contributed by atoms with Crippen LogP contribution in [-0.2, 0) is 6.54 Å². The van der Waals surface area contributed by atoms with Gasteiger partial charge in [-0.1, -0.05) is 16.7 Å². The molecule has 0 saturated carbocycles. The molecule has 120 valence electrons. The number of benzene rings is 1. The predicted octanol–water partition coefficient (Wildman–Crippen LogP) is 3.51. The molecule has 7 nitrogen and oxygen atoms in total. The smallest absolute Gasteiger partial charge is 0.323 e. The highest BCUT2D eigenvalue weighted by atomic mass is 35.5. The van der Waals surface area contributed by atoms with E-state index in [1.54, 1.807) is 6.07 Å². The monoisotopic (exact) mass is 333 g/mol. The molecule has 4 rings (SSSR count). The van der Waals surface area contributed by atoms with Crippen molar-refractivity contribution in [3.8, 4) is 0 Å². The van der Waals surface area contributed by atoms with Crippen molar-refractivity contribution in [2.75, 3.05) is 18.4 Å². The van der Waals surface area contributed by atoms with Gasteiger partial charge in [-0.2, -0.15) is 4.98 Å². The Kier molecular flexibility index (Phi) is 3.66. The second kappa shape index (κ2) is 5.82. The number of fused-ring (bicyclic) bond motifs is 1. The predicted molar refractivity (Wildman–Crippen MR) is 85.8 cm³/mol. The summed E-state index contributed by atoms with van der Waals surface area (Å²) in [5.74, 6) is 0.587. The molecule has 0 atom stereocenters. The van der Waals surface area contributed by atoms with E-state index >= 15 is 0 Å². The Balaban J connectivity index is 1.50. The maximum Gasteiger partial charge on any atom is 0.323 e. The first-order valence-corrected chi connectivity index (χ1v) is 7.93. The molecule has 1 aromatic carbocycles. The number of anilines is 2. The van der Waals surface area contributed by atoms with E-state index in [1.165, 1.54) is 12.8 Å². The van der Waals surface area contributed by atoms with E-state index < -0.39 is 0 Å². The molecular formula is C15H16ClN5O2. The maximum atomic E-state index is 6.09. The summed E-state index contributed by atoms with van der Waals surface area (Å²) in [7, 11) is 0. The van der Waals surface area contributed by atoms with Crippen LogP contribution in [0, 0.1) is 6.92 Å². The van der Waals surface area contributed by atoms with Gasteiger partial charge in [-0.25, -0.2) is 0 Å². The number of nitrogens with one attached hydrogen (secondary N) is 1. The summed E-state index contributed by atoms with van der Waals surface area (Å²) in [6.45, 7) is 4.76. The Morgan fingerprint density at radius 2 is 2.00 bits per heavy atom. The summed E-state index contributed by atoms with van der Waals surface area (Å²) >= 11 is 6.09. The van der Waals surface area contributed by atoms with E-state index in [0.717, 1.165) is 24.2 Å². The molecule has 2 aromatic heterocycles. The fourth-order valence-corrected chi connectivity index (χ4v) is 2.85. The van der Waals surface area contributed by atoms with E-state index in [4.69, 9.17) is 20.4 Å². The van der Waals surface area contributed by atoms with E-state index in [9.17, 15) is 0 Å². The minimum Gasteiger partial charge on any atom is -0.423 e. The van der Waals surface area contributed by atoms with E-state index in [-0.39, 0.29) is 6.01 Å². The van der Waals surface area contributed by atoms with Crippen LogP contribution in [0.2, 0.25) is 5.02 Å². The molecule has 0 unspecified atom stereocenters. The van der Waals surface area contributed by atoms with Crippen molar-refractivity contribution >= 4 is 34.7 Å². The molecule has 1 saturated heterocycles. The minimum absolute atomic E-state index is 0.272. The first kappa shape index (κ1) is 14.5. The third kappa shape index (κ3) is 3.02. The molecule has 3 heterocycles. The van der Waals surface area contributed by atoms with Gasteiger partial charge in [-0.3, -0.25) is 10.2 Å². The molecule has 0 radical (unpaired) electrons. The standard InChI is InChI=1S/C15H16ClN5O2/c1-9-6-11-12(7-10(9)16)22-14(17-11)18-15-20-19-13(23-15)8-21-4-2-3-5-21/h6-7H,2-5,8H2,1H3,(H,17,18,20). The maximum absolute atomic E-state index is 6.09. The van der Waals surface area contributed by atoms with Crippen LogP contribution in [0.1, 0.15) is 24.3 Å². The quantitative estimate of drug-likeness (QED) is 0.782. The number of aryl methyl sites for hydroxylation is 1. The van der Waals surface area contributed by atoms with Crippen molar-refractivity contribution in [2.24, 2.45) is 0 Å². The molecule has 1 N–H and O–H groups in total. The highest BCUT2D eigenvalue weighted by Crippen LogP contribution is 2.27. The number of aromatic nitrogens is 3. The van der Waals surface area contributed by atoms with E-state index in [0.29, 0.717) is 29.1 Å². The molecule has 1 fully saturated rings. The Bertz CT molecular complexity index is 799. The molecule has 23 heavy (non-hydrogen) atoms. The molecule has 0 aliphatic carbocycles. The number of nitrogens with zero attached hydrogens (tertiary/aromatic N) is 4. The molecule has 0 amide bonds.